The molecule has 0 heterocycles. The summed E-state index contributed by atoms with van der Waals surface area (Å²) >= 11 is 5.68. The molecule has 2 N–H and O–H groups in total. The van der Waals surface area contributed by atoms with Crippen LogP contribution >= 0.6 is 24.0 Å². The van der Waals surface area contributed by atoms with Gasteiger partial charge in [-0.2, -0.15) is 13.2 Å². The maximum absolute atomic E-state index is 12.6. The molecule has 0 aliphatic heterocycles. The summed E-state index contributed by atoms with van der Waals surface area (Å²) in [7, 11) is 0. The minimum atomic E-state index is -4.38. The van der Waals surface area contributed by atoms with Crippen molar-refractivity contribution in [3.8, 4) is 0 Å². The predicted octanol–water partition coefficient (Wildman–Crippen LogP) is 4.97. The standard InChI is InChI=1S/C12H15ClF3N.ClH/c1-2-3-4-11(17)8-5-9(12(14,15)16)7-10(13)6-8;/h5-7,11H,2-4,17H2,1H3;1H/t11-;/m0./s1. The van der Waals surface area contributed by atoms with Gasteiger partial charge in [0.2, 0.25) is 0 Å². The van der Waals surface area contributed by atoms with Gasteiger partial charge < -0.3 is 5.73 Å². The van der Waals surface area contributed by atoms with Crippen LogP contribution in [0.5, 0.6) is 0 Å². The van der Waals surface area contributed by atoms with Crippen molar-refractivity contribution in [3.63, 3.8) is 0 Å². The summed E-state index contributed by atoms with van der Waals surface area (Å²) in [5.74, 6) is 0. The second-order valence-electron chi connectivity index (χ2n) is 4.02. The van der Waals surface area contributed by atoms with Crippen LogP contribution in [0.2, 0.25) is 5.02 Å². The van der Waals surface area contributed by atoms with E-state index in [4.69, 9.17) is 17.3 Å². The van der Waals surface area contributed by atoms with E-state index in [-0.39, 0.29) is 17.4 Å². The Hall–Kier alpha value is -0.450. The smallest absolute Gasteiger partial charge is 0.324 e. The molecule has 0 unspecified atom stereocenters. The Morgan fingerprint density at radius 2 is 1.89 bits per heavy atom. The number of benzene rings is 1. The van der Waals surface area contributed by atoms with Gasteiger partial charge in [0.1, 0.15) is 0 Å². The number of hydrogen-bond acceptors (Lipinski definition) is 1. The van der Waals surface area contributed by atoms with Crippen molar-refractivity contribution in [2.45, 2.75) is 38.4 Å². The molecular formula is C12H16Cl2F3N. The van der Waals surface area contributed by atoms with Gasteiger partial charge in [0.15, 0.2) is 0 Å². The van der Waals surface area contributed by atoms with Crippen LogP contribution in [0.15, 0.2) is 18.2 Å². The van der Waals surface area contributed by atoms with Gasteiger partial charge in [-0.25, -0.2) is 0 Å². The van der Waals surface area contributed by atoms with Crippen molar-refractivity contribution in [3.05, 3.63) is 34.3 Å². The molecule has 0 spiro atoms. The van der Waals surface area contributed by atoms with Gasteiger partial charge in [0.25, 0.3) is 0 Å². The number of hydrogen-bond donors (Lipinski definition) is 1. The zero-order chi connectivity index (χ0) is 13.1. The molecule has 0 aromatic heterocycles. The van der Waals surface area contributed by atoms with E-state index in [0.29, 0.717) is 12.0 Å². The Bertz CT molecular complexity index is 380. The van der Waals surface area contributed by atoms with Crippen LogP contribution < -0.4 is 5.73 Å². The van der Waals surface area contributed by atoms with E-state index in [1.165, 1.54) is 6.07 Å². The third-order valence-electron chi connectivity index (χ3n) is 2.54. The molecule has 0 saturated heterocycles. The lowest BCUT2D eigenvalue weighted by Gasteiger charge is -2.15. The molecule has 0 saturated carbocycles. The Balaban J connectivity index is 0.00000289. The largest absolute Gasteiger partial charge is 0.416 e. The molecule has 1 nitrogen and oxygen atoms in total. The first kappa shape index (κ1) is 17.6. The molecule has 0 aliphatic carbocycles. The van der Waals surface area contributed by atoms with E-state index < -0.39 is 17.8 Å². The summed E-state index contributed by atoms with van der Waals surface area (Å²) < 4.78 is 37.7. The highest BCUT2D eigenvalue weighted by molar-refractivity contribution is 6.30. The lowest BCUT2D eigenvalue weighted by atomic mass is 10.00. The first-order chi connectivity index (χ1) is 7.84. The molecular weight excluding hydrogens is 286 g/mol. The third-order valence-corrected chi connectivity index (χ3v) is 2.76. The van der Waals surface area contributed by atoms with E-state index in [1.54, 1.807) is 0 Å². The van der Waals surface area contributed by atoms with E-state index in [0.717, 1.165) is 25.0 Å². The molecule has 104 valence electrons. The highest BCUT2D eigenvalue weighted by atomic mass is 35.5. The van der Waals surface area contributed by atoms with E-state index in [1.807, 2.05) is 6.92 Å². The maximum Gasteiger partial charge on any atom is 0.416 e. The van der Waals surface area contributed by atoms with Gasteiger partial charge in [0, 0.05) is 11.1 Å². The molecule has 0 radical (unpaired) electrons. The maximum atomic E-state index is 12.6. The molecule has 1 aromatic carbocycles. The average Bonchev–Trinajstić information content (AvgIpc) is 2.23. The first-order valence-electron chi connectivity index (χ1n) is 5.48. The molecule has 6 heteroatoms. The fourth-order valence-electron chi connectivity index (χ4n) is 1.58. The number of alkyl halides is 3. The Kier molecular flexibility index (Phi) is 7.04. The summed E-state index contributed by atoms with van der Waals surface area (Å²) in [5, 5.41) is 0.0711. The van der Waals surface area contributed by atoms with Gasteiger partial charge in [0.05, 0.1) is 5.56 Å². The van der Waals surface area contributed by atoms with Gasteiger partial charge in [-0.3, -0.25) is 0 Å². The summed E-state index contributed by atoms with van der Waals surface area (Å²) in [6.07, 6.45) is -1.88. The molecule has 0 aliphatic rings. The summed E-state index contributed by atoms with van der Waals surface area (Å²) in [5.41, 5.74) is 5.54. The lowest BCUT2D eigenvalue weighted by Crippen LogP contribution is -2.12. The zero-order valence-electron chi connectivity index (χ0n) is 9.93. The minimum absolute atomic E-state index is 0. The van der Waals surface area contributed by atoms with Crippen LogP contribution in [0.25, 0.3) is 0 Å². The van der Waals surface area contributed by atoms with Gasteiger partial charge in [-0.1, -0.05) is 31.4 Å². The second-order valence-corrected chi connectivity index (χ2v) is 4.46. The summed E-state index contributed by atoms with van der Waals surface area (Å²) in [4.78, 5) is 0. The van der Waals surface area contributed by atoms with Crippen molar-refractivity contribution >= 4 is 24.0 Å². The number of rotatable bonds is 4. The van der Waals surface area contributed by atoms with Crippen LogP contribution in [0.3, 0.4) is 0 Å². The van der Waals surface area contributed by atoms with Crippen molar-refractivity contribution in [2.24, 2.45) is 5.73 Å². The van der Waals surface area contributed by atoms with Crippen LogP contribution in [-0.4, -0.2) is 0 Å². The zero-order valence-corrected chi connectivity index (χ0v) is 11.5. The van der Waals surface area contributed by atoms with E-state index in [2.05, 4.69) is 0 Å². The molecule has 1 aromatic rings. The molecule has 1 rings (SSSR count). The van der Waals surface area contributed by atoms with Crippen molar-refractivity contribution in [2.75, 3.05) is 0 Å². The first-order valence-corrected chi connectivity index (χ1v) is 5.85. The normalized spacial score (nSPS) is 13.0. The van der Waals surface area contributed by atoms with E-state index >= 15 is 0 Å². The Morgan fingerprint density at radius 1 is 1.28 bits per heavy atom. The molecule has 0 amide bonds. The summed E-state index contributed by atoms with van der Waals surface area (Å²) in [6, 6.07) is 3.09. The number of nitrogens with two attached hydrogens (primary N) is 1. The Labute approximate surface area is 116 Å². The molecule has 0 bridgehead atoms. The quantitative estimate of drug-likeness (QED) is 0.835. The summed E-state index contributed by atoms with van der Waals surface area (Å²) in [6.45, 7) is 2.01. The van der Waals surface area contributed by atoms with Gasteiger partial charge in [-0.05, 0) is 30.2 Å². The highest BCUT2D eigenvalue weighted by Gasteiger charge is 2.31. The van der Waals surface area contributed by atoms with Crippen LogP contribution in [0.1, 0.15) is 43.4 Å². The monoisotopic (exact) mass is 301 g/mol. The molecule has 1 atom stereocenters. The van der Waals surface area contributed by atoms with Crippen molar-refractivity contribution in [1.29, 1.82) is 0 Å². The van der Waals surface area contributed by atoms with Crippen LogP contribution in [-0.2, 0) is 6.18 Å². The topological polar surface area (TPSA) is 26.0 Å². The second kappa shape index (κ2) is 7.22. The molecule has 0 fully saturated rings. The third kappa shape index (κ3) is 5.04. The highest BCUT2D eigenvalue weighted by Crippen LogP contribution is 2.33. The fraction of sp³-hybridized carbons (Fsp3) is 0.500. The number of halogens is 5. The van der Waals surface area contributed by atoms with Crippen molar-refractivity contribution < 1.29 is 13.2 Å². The predicted molar refractivity (Wildman–Crippen MR) is 70.2 cm³/mol. The van der Waals surface area contributed by atoms with Crippen molar-refractivity contribution in [1.82, 2.24) is 0 Å². The van der Waals surface area contributed by atoms with Gasteiger partial charge in [-0.15, -0.1) is 12.4 Å². The van der Waals surface area contributed by atoms with E-state index in [9.17, 15) is 13.2 Å². The Morgan fingerprint density at radius 3 is 2.39 bits per heavy atom. The lowest BCUT2D eigenvalue weighted by molar-refractivity contribution is -0.137. The van der Waals surface area contributed by atoms with Crippen LogP contribution in [0.4, 0.5) is 13.2 Å². The van der Waals surface area contributed by atoms with Gasteiger partial charge >= 0.3 is 6.18 Å². The van der Waals surface area contributed by atoms with Crippen LogP contribution in [0, 0.1) is 0 Å². The fourth-order valence-corrected chi connectivity index (χ4v) is 1.82. The number of unbranched alkanes of at least 4 members (excludes halogenated alkanes) is 1. The average molecular weight is 302 g/mol. The molecule has 18 heavy (non-hydrogen) atoms. The SMILES string of the molecule is CCCC[C@H](N)c1cc(Cl)cc(C(F)(F)F)c1.Cl. The minimum Gasteiger partial charge on any atom is -0.324 e.